The van der Waals surface area contributed by atoms with Gasteiger partial charge < -0.3 is 18.7 Å². The lowest BCUT2D eigenvalue weighted by Crippen LogP contribution is -2.15. The van der Waals surface area contributed by atoms with Crippen molar-refractivity contribution in [2.45, 2.75) is 44.6 Å². The lowest BCUT2D eigenvalue weighted by molar-refractivity contribution is 0.0700. The molecule has 25 heavy (non-hydrogen) atoms. The molecular weight excluding hydrogens is 338 g/mol. The van der Waals surface area contributed by atoms with Crippen LogP contribution in [0.5, 0.6) is 11.5 Å². The van der Waals surface area contributed by atoms with Gasteiger partial charge in [-0.1, -0.05) is 5.16 Å². The van der Waals surface area contributed by atoms with E-state index in [9.17, 15) is 0 Å². The van der Waals surface area contributed by atoms with Crippen molar-refractivity contribution in [3.05, 3.63) is 29.5 Å². The first kappa shape index (κ1) is 16.8. The van der Waals surface area contributed by atoms with Gasteiger partial charge in [-0.15, -0.1) is 0 Å². The van der Waals surface area contributed by atoms with Crippen LogP contribution in [0.4, 0.5) is 0 Å². The van der Waals surface area contributed by atoms with Crippen LogP contribution in [0.25, 0.3) is 11.3 Å². The van der Waals surface area contributed by atoms with Gasteiger partial charge in [-0.05, 0) is 44.9 Å². The van der Waals surface area contributed by atoms with E-state index in [4.69, 9.17) is 18.7 Å². The van der Waals surface area contributed by atoms with Crippen molar-refractivity contribution in [3.63, 3.8) is 0 Å². The van der Waals surface area contributed by atoms with Crippen molar-refractivity contribution in [2.24, 2.45) is 0 Å². The fourth-order valence-electron chi connectivity index (χ4n) is 3.27. The van der Waals surface area contributed by atoms with Crippen LogP contribution in [0.2, 0.25) is 0 Å². The fraction of sp³-hybridized carbons (Fsp3) is 0.526. The van der Waals surface area contributed by atoms with Crippen molar-refractivity contribution in [2.75, 3.05) is 19.0 Å². The third kappa shape index (κ3) is 3.65. The van der Waals surface area contributed by atoms with E-state index in [-0.39, 0.29) is 0 Å². The molecule has 2 aliphatic heterocycles. The van der Waals surface area contributed by atoms with Gasteiger partial charge in [-0.3, -0.25) is 0 Å². The molecule has 2 aromatic rings. The van der Waals surface area contributed by atoms with E-state index in [0.29, 0.717) is 25.4 Å². The summed E-state index contributed by atoms with van der Waals surface area (Å²) in [4.78, 5) is 0. The van der Waals surface area contributed by atoms with Crippen LogP contribution in [0, 0.1) is 6.92 Å². The summed E-state index contributed by atoms with van der Waals surface area (Å²) < 4.78 is 22.8. The highest BCUT2D eigenvalue weighted by atomic mass is 32.2. The van der Waals surface area contributed by atoms with Crippen LogP contribution < -0.4 is 9.47 Å². The van der Waals surface area contributed by atoms with Crippen LogP contribution >= 0.6 is 11.8 Å². The lowest BCUT2D eigenvalue weighted by atomic mass is 10.1. The van der Waals surface area contributed by atoms with Crippen LogP contribution in [0.15, 0.2) is 22.7 Å². The summed E-state index contributed by atoms with van der Waals surface area (Å²) in [5, 5.41) is 4.18. The van der Waals surface area contributed by atoms with E-state index in [0.717, 1.165) is 52.0 Å². The zero-order chi connectivity index (χ0) is 17.2. The highest BCUT2D eigenvalue weighted by Gasteiger charge is 2.23. The molecule has 2 aliphatic rings. The zero-order valence-corrected chi connectivity index (χ0v) is 15.4. The molecule has 0 bridgehead atoms. The largest absolute Gasteiger partial charge is 0.486 e. The normalized spacial score (nSPS) is 22.3. The first-order valence-electron chi connectivity index (χ1n) is 8.79. The Labute approximate surface area is 152 Å². The number of aromatic nitrogens is 1. The van der Waals surface area contributed by atoms with E-state index < -0.39 is 0 Å². The van der Waals surface area contributed by atoms with E-state index in [1.807, 2.05) is 36.9 Å². The van der Waals surface area contributed by atoms with Crippen molar-refractivity contribution in [1.82, 2.24) is 5.16 Å². The second-order valence-electron chi connectivity index (χ2n) is 6.60. The Balaban J connectivity index is 1.47. The molecule has 134 valence electrons. The molecule has 0 N–H and O–H groups in total. The lowest BCUT2D eigenvalue weighted by Gasteiger charge is -2.18. The van der Waals surface area contributed by atoms with Crippen LogP contribution in [-0.2, 0) is 10.5 Å². The molecule has 0 aliphatic carbocycles. The monoisotopic (exact) mass is 361 g/mol. The van der Waals surface area contributed by atoms with Crippen LogP contribution in [0.1, 0.15) is 31.0 Å². The minimum absolute atomic E-state index is 0.373. The number of ether oxygens (including phenoxy) is 3. The summed E-state index contributed by atoms with van der Waals surface area (Å²) in [5.41, 5.74) is 3.07. The Morgan fingerprint density at radius 2 is 2.00 bits per heavy atom. The second kappa shape index (κ2) is 7.30. The first-order chi connectivity index (χ1) is 12.2. The number of fused-ring (bicyclic) bond motifs is 1. The number of hydrogen-bond donors (Lipinski definition) is 0. The van der Waals surface area contributed by atoms with Gasteiger partial charge in [-0.2, -0.15) is 11.8 Å². The topological polar surface area (TPSA) is 53.7 Å². The molecule has 1 aromatic carbocycles. The van der Waals surface area contributed by atoms with Crippen molar-refractivity contribution >= 4 is 11.8 Å². The molecule has 0 saturated carbocycles. The minimum Gasteiger partial charge on any atom is -0.486 e. The molecule has 0 radical (unpaired) electrons. The van der Waals surface area contributed by atoms with Gasteiger partial charge in [0, 0.05) is 22.6 Å². The molecule has 1 aromatic heterocycles. The molecule has 2 atom stereocenters. The Morgan fingerprint density at radius 3 is 2.80 bits per heavy atom. The minimum atomic E-state index is 0.373. The van der Waals surface area contributed by atoms with Gasteiger partial charge in [-0.25, -0.2) is 0 Å². The molecule has 3 heterocycles. The van der Waals surface area contributed by atoms with E-state index in [2.05, 4.69) is 12.1 Å². The maximum atomic E-state index is 5.90. The summed E-state index contributed by atoms with van der Waals surface area (Å²) in [6, 6.07) is 5.92. The van der Waals surface area contributed by atoms with E-state index >= 15 is 0 Å². The number of benzene rings is 1. The smallest absolute Gasteiger partial charge is 0.171 e. The van der Waals surface area contributed by atoms with Crippen LogP contribution in [0.3, 0.4) is 0 Å². The van der Waals surface area contributed by atoms with Gasteiger partial charge in [0.05, 0.1) is 17.9 Å². The number of aryl methyl sites for hydroxylation is 1. The summed E-state index contributed by atoms with van der Waals surface area (Å²) in [7, 11) is 0. The molecule has 5 nitrogen and oxygen atoms in total. The molecule has 1 saturated heterocycles. The maximum absolute atomic E-state index is 5.90. The Hall–Kier alpha value is -1.66. The molecule has 0 spiro atoms. The number of nitrogens with zero attached hydrogens (tertiary/aromatic N) is 1. The van der Waals surface area contributed by atoms with Crippen LogP contribution in [-0.4, -0.2) is 36.3 Å². The molecule has 2 unspecified atom stereocenters. The summed E-state index contributed by atoms with van der Waals surface area (Å²) in [5.74, 6) is 4.25. The summed E-state index contributed by atoms with van der Waals surface area (Å²) in [6.07, 6.45) is 3.10. The zero-order valence-electron chi connectivity index (χ0n) is 14.6. The van der Waals surface area contributed by atoms with Crippen molar-refractivity contribution in [3.8, 4) is 22.8 Å². The molecule has 0 amide bonds. The molecule has 4 rings (SSSR count). The average molecular weight is 361 g/mol. The second-order valence-corrected chi connectivity index (χ2v) is 7.63. The summed E-state index contributed by atoms with van der Waals surface area (Å²) in [6.45, 7) is 5.32. The summed E-state index contributed by atoms with van der Waals surface area (Å²) >= 11 is 1.88. The Kier molecular flexibility index (Phi) is 4.90. The van der Waals surface area contributed by atoms with Gasteiger partial charge >= 0.3 is 0 Å². The van der Waals surface area contributed by atoms with Gasteiger partial charge in [0.25, 0.3) is 0 Å². The third-order valence-electron chi connectivity index (χ3n) is 4.66. The molecule has 6 heteroatoms. The highest BCUT2D eigenvalue weighted by Crippen LogP contribution is 2.37. The van der Waals surface area contributed by atoms with Gasteiger partial charge in [0.1, 0.15) is 13.2 Å². The van der Waals surface area contributed by atoms with E-state index in [1.165, 1.54) is 6.42 Å². The third-order valence-corrected chi connectivity index (χ3v) is 5.76. The highest BCUT2D eigenvalue weighted by molar-refractivity contribution is 7.98. The fourth-order valence-corrected chi connectivity index (χ4v) is 4.44. The first-order valence-corrected chi connectivity index (χ1v) is 9.94. The van der Waals surface area contributed by atoms with E-state index in [1.54, 1.807) is 0 Å². The number of hydrogen-bond acceptors (Lipinski definition) is 6. The average Bonchev–Trinajstić information content (AvgIpc) is 3.21. The SMILES string of the molecule is Cc1noc(-c2ccc3c(c2)OCCO3)c1CSCC1CCC(C)O1. The standard InChI is InChI=1S/C19H23NO4S/c1-12-3-5-15(23-12)10-25-11-16-13(2)20-24-19(16)14-4-6-17-18(9-14)22-8-7-21-17/h4,6,9,12,15H,3,5,7-8,10-11H2,1-2H3. The van der Waals surface area contributed by atoms with Crippen molar-refractivity contribution in [1.29, 1.82) is 0 Å². The predicted molar refractivity (Wildman–Crippen MR) is 97.4 cm³/mol. The Bertz CT molecular complexity index is 745. The number of thioether (sulfide) groups is 1. The maximum Gasteiger partial charge on any atom is 0.171 e. The Morgan fingerprint density at radius 1 is 1.16 bits per heavy atom. The molecular formula is C19H23NO4S. The number of rotatable bonds is 5. The van der Waals surface area contributed by atoms with Crippen molar-refractivity contribution < 1.29 is 18.7 Å². The molecule has 1 fully saturated rings. The quantitative estimate of drug-likeness (QED) is 0.795. The predicted octanol–water partition coefficient (Wildman–Crippen LogP) is 4.22. The van der Waals surface area contributed by atoms with Gasteiger partial charge in [0.2, 0.25) is 0 Å². The van der Waals surface area contributed by atoms with Gasteiger partial charge in [0.15, 0.2) is 17.3 Å².